The molecule has 0 aliphatic heterocycles. The topological polar surface area (TPSA) is 67.4 Å². The number of imide groups is 1. The molecule has 0 atom stereocenters. The van der Waals surface area contributed by atoms with Crippen LogP contribution in [-0.2, 0) is 4.79 Å². The number of urea groups is 1. The van der Waals surface area contributed by atoms with Crippen molar-refractivity contribution in [2.75, 3.05) is 18.3 Å². The molecule has 0 aliphatic carbocycles. The molecule has 0 aliphatic rings. The zero-order valence-electron chi connectivity index (χ0n) is 8.92. The Morgan fingerprint density at radius 3 is 2.71 bits per heavy atom. The van der Waals surface area contributed by atoms with Gasteiger partial charge < -0.3 is 10.1 Å². The number of halogens is 2. The zero-order chi connectivity index (χ0) is 12.8. The summed E-state index contributed by atoms with van der Waals surface area (Å²) in [5, 5.41) is 4.54. The first-order valence-corrected chi connectivity index (χ1v) is 5.90. The average molecular weight is 322 g/mol. The minimum Gasteiger partial charge on any atom is -0.496 e. The molecule has 0 saturated heterocycles. The molecule has 0 spiro atoms. The fourth-order valence-electron chi connectivity index (χ4n) is 1.07. The number of hydrogen-bond donors (Lipinski definition) is 2. The lowest BCUT2D eigenvalue weighted by atomic mass is 10.3. The van der Waals surface area contributed by atoms with E-state index < -0.39 is 11.9 Å². The molecule has 3 amide bonds. The summed E-state index contributed by atoms with van der Waals surface area (Å²) >= 11 is 8.52. The van der Waals surface area contributed by atoms with Gasteiger partial charge >= 0.3 is 6.03 Å². The standard InChI is InChI=1S/C10H10BrClN2O3/c1-17-8-3-2-6(4-7(8)11)13-10(16)14-9(15)5-12/h2-4H,5H2,1H3,(H2,13,14,15,16). The Balaban J connectivity index is 2.66. The van der Waals surface area contributed by atoms with Crippen molar-refractivity contribution < 1.29 is 14.3 Å². The van der Waals surface area contributed by atoms with Gasteiger partial charge in [0, 0.05) is 5.69 Å². The lowest BCUT2D eigenvalue weighted by Gasteiger charge is -2.08. The lowest BCUT2D eigenvalue weighted by molar-refractivity contribution is -0.117. The number of carbonyl (C=O) groups is 2. The van der Waals surface area contributed by atoms with Gasteiger partial charge in [-0.2, -0.15) is 0 Å². The van der Waals surface area contributed by atoms with Gasteiger partial charge in [-0.25, -0.2) is 4.79 Å². The molecule has 1 aromatic carbocycles. The number of carbonyl (C=O) groups excluding carboxylic acids is 2. The van der Waals surface area contributed by atoms with Crippen LogP contribution in [0.15, 0.2) is 22.7 Å². The monoisotopic (exact) mass is 320 g/mol. The van der Waals surface area contributed by atoms with Crippen molar-refractivity contribution in [3.63, 3.8) is 0 Å². The van der Waals surface area contributed by atoms with Gasteiger partial charge in [0.25, 0.3) is 0 Å². The number of hydrogen-bond acceptors (Lipinski definition) is 3. The van der Waals surface area contributed by atoms with Crippen molar-refractivity contribution in [1.82, 2.24) is 5.32 Å². The second-order valence-electron chi connectivity index (χ2n) is 2.99. The van der Waals surface area contributed by atoms with E-state index in [0.717, 1.165) is 0 Å². The second-order valence-corrected chi connectivity index (χ2v) is 4.11. The molecule has 0 fully saturated rings. The Morgan fingerprint density at radius 2 is 2.18 bits per heavy atom. The van der Waals surface area contributed by atoms with E-state index in [1.165, 1.54) is 0 Å². The molecule has 0 heterocycles. The number of ether oxygens (including phenoxy) is 1. The van der Waals surface area contributed by atoms with Gasteiger partial charge in [0.15, 0.2) is 0 Å². The molecule has 92 valence electrons. The molecular formula is C10H10BrClN2O3. The maximum absolute atomic E-state index is 11.3. The molecule has 1 aromatic rings. The molecule has 17 heavy (non-hydrogen) atoms. The summed E-state index contributed by atoms with van der Waals surface area (Å²) in [6, 6.07) is 4.36. The molecular weight excluding hydrogens is 311 g/mol. The smallest absolute Gasteiger partial charge is 0.325 e. The quantitative estimate of drug-likeness (QED) is 0.840. The largest absolute Gasteiger partial charge is 0.496 e. The molecule has 5 nitrogen and oxygen atoms in total. The van der Waals surface area contributed by atoms with Gasteiger partial charge in [-0.15, -0.1) is 11.6 Å². The molecule has 0 bridgehead atoms. The Morgan fingerprint density at radius 1 is 1.47 bits per heavy atom. The van der Waals surface area contributed by atoms with E-state index in [2.05, 4.69) is 26.6 Å². The molecule has 0 radical (unpaired) electrons. The van der Waals surface area contributed by atoms with Gasteiger partial charge in [-0.3, -0.25) is 10.1 Å². The van der Waals surface area contributed by atoms with Crippen molar-refractivity contribution in [3.05, 3.63) is 22.7 Å². The van der Waals surface area contributed by atoms with E-state index >= 15 is 0 Å². The van der Waals surface area contributed by atoms with Gasteiger partial charge in [0.1, 0.15) is 11.6 Å². The van der Waals surface area contributed by atoms with E-state index in [1.807, 2.05) is 0 Å². The van der Waals surface area contributed by atoms with Gasteiger partial charge in [-0.1, -0.05) is 0 Å². The van der Waals surface area contributed by atoms with Crippen molar-refractivity contribution in [2.24, 2.45) is 0 Å². The summed E-state index contributed by atoms with van der Waals surface area (Å²) in [7, 11) is 1.54. The number of rotatable bonds is 3. The minimum absolute atomic E-state index is 0.264. The summed E-state index contributed by atoms with van der Waals surface area (Å²) in [6.07, 6.45) is 0. The third-order valence-electron chi connectivity index (χ3n) is 1.78. The summed E-state index contributed by atoms with van der Waals surface area (Å²) in [6.45, 7) is 0. The van der Waals surface area contributed by atoms with Crippen LogP contribution in [0.2, 0.25) is 0 Å². The highest BCUT2D eigenvalue weighted by molar-refractivity contribution is 9.10. The van der Waals surface area contributed by atoms with Crippen LogP contribution in [0.1, 0.15) is 0 Å². The van der Waals surface area contributed by atoms with E-state index in [4.69, 9.17) is 16.3 Å². The third-order valence-corrected chi connectivity index (χ3v) is 2.65. The van der Waals surface area contributed by atoms with Crippen LogP contribution < -0.4 is 15.4 Å². The maximum Gasteiger partial charge on any atom is 0.325 e. The third kappa shape index (κ3) is 4.24. The Labute approximate surface area is 112 Å². The van der Waals surface area contributed by atoms with Crippen molar-refractivity contribution >= 4 is 45.2 Å². The van der Waals surface area contributed by atoms with Crippen LogP contribution in [0.3, 0.4) is 0 Å². The first-order chi connectivity index (χ1) is 8.06. The fourth-order valence-corrected chi connectivity index (χ4v) is 1.67. The van der Waals surface area contributed by atoms with Gasteiger partial charge in [0.05, 0.1) is 11.6 Å². The van der Waals surface area contributed by atoms with Crippen LogP contribution in [0.4, 0.5) is 10.5 Å². The Kier molecular flexibility index (Phi) is 5.24. The van der Waals surface area contributed by atoms with Gasteiger partial charge in [-0.05, 0) is 34.1 Å². The van der Waals surface area contributed by atoms with Crippen molar-refractivity contribution in [3.8, 4) is 5.75 Å². The van der Waals surface area contributed by atoms with Crippen LogP contribution >= 0.6 is 27.5 Å². The molecule has 2 N–H and O–H groups in total. The predicted octanol–water partition coefficient (Wildman–Crippen LogP) is 2.34. The average Bonchev–Trinajstić information content (AvgIpc) is 2.29. The highest BCUT2D eigenvalue weighted by atomic mass is 79.9. The van der Waals surface area contributed by atoms with Crippen molar-refractivity contribution in [2.45, 2.75) is 0 Å². The van der Waals surface area contributed by atoms with Crippen LogP contribution in [0, 0.1) is 0 Å². The highest BCUT2D eigenvalue weighted by Crippen LogP contribution is 2.27. The van der Waals surface area contributed by atoms with Crippen LogP contribution in [0.25, 0.3) is 0 Å². The zero-order valence-corrected chi connectivity index (χ0v) is 11.3. The normalized spacial score (nSPS) is 9.59. The molecule has 0 saturated carbocycles. The number of alkyl halides is 1. The van der Waals surface area contributed by atoms with E-state index in [9.17, 15) is 9.59 Å². The highest BCUT2D eigenvalue weighted by Gasteiger charge is 2.07. The SMILES string of the molecule is COc1ccc(NC(=O)NC(=O)CCl)cc1Br. The fraction of sp³-hybridized carbons (Fsp3) is 0.200. The Hall–Kier alpha value is -1.27. The summed E-state index contributed by atoms with van der Waals surface area (Å²) < 4.78 is 5.74. The number of amides is 3. The first kappa shape index (κ1) is 13.8. The molecule has 0 unspecified atom stereocenters. The molecule has 1 rings (SSSR count). The number of methoxy groups -OCH3 is 1. The molecule has 7 heteroatoms. The first-order valence-electron chi connectivity index (χ1n) is 4.57. The summed E-state index contributed by atoms with van der Waals surface area (Å²) in [4.78, 5) is 22.1. The molecule has 0 aromatic heterocycles. The van der Waals surface area contributed by atoms with E-state index in [-0.39, 0.29) is 5.88 Å². The van der Waals surface area contributed by atoms with E-state index in [0.29, 0.717) is 15.9 Å². The minimum atomic E-state index is -0.632. The second kappa shape index (κ2) is 6.46. The number of anilines is 1. The van der Waals surface area contributed by atoms with E-state index in [1.54, 1.807) is 25.3 Å². The number of nitrogens with one attached hydrogen (secondary N) is 2. The Bertz CT molecular complexity index is 440. The van der Waals surface area contributed by atoms with Crippen LogP contribution in [0.5, 0.6) is 5.75 Å². The lowest BCUT2D eigenvalue weighted by Crippen LogP contribution is -2.35. The number of benzene rings is 1. The maximum atomic E-state index is 11.3. The summed E-state index contributed by atoms with van der Waals surface area (Å²) in [5.74, 6) is -0.177. The predicted molar refractivity (Wildman–Crippen MR) is 68.6 cm³/mol. The summed E-state index contributed by atoms with van der Waals surface area (Å²) in [5.41, 5.74) is 0.526. The van der Waals surface area contributed by atoms with Gasteiger partial charge in [0.2, 0.25) is 5.91 Å². The van der Waals surface area contributed by atoms with Crippen LogP contribution in [-0.4, -0.2) is 24.9 Å². The van der Waals surface area contributed by atoms with Crippen molar-refractivity contribution in [1.29, 1.82) is 0 Å².